The lowest BCUT2D eigenvalue weighted by Crippen LogP contribution is -2.31. The molecule has 21 aromatic carbocycles. The molecule has 0 atom stereocenters. The fraction of sp³-hybridized carbons (Fsp3) is 0.00763. The van der Waals surface area contributed by atoms with Crippen LogP contribution in [-0.2, 0) is 5.41 Å². The molecule has 8 bridgehead atoms. The minimum atomic E-state index is -1.14. The Kier molecular flexibility index (Phi) is 17.3. The lowest BCUT2D eigenvalue weighted by Gasteiger charge is -2.37. The average Bonchev–Trinajstić information content (AvgIpc) is 1.58. The van der Waals surface area contributed by atoms with Crippen LogP contribution >= 0.6 is 0 Å². The first kappa shape index (κ1) is 78.0. The summed E-state index contributed by atoms with van der Waals surface area (Å²) in [5.74, 6) is 0.534. The second-order valence-corrected chi connectivity index (χ2v) is 37.1. The Morgan fingerprint density at radius 1 is 0.137 bits per heavy atom. The predicted octanol–water partition coefficient (Wildman–Crippen LogP) is 33.4. The first-order valence-electron chi connectivity index (χ1n) is 47.8. The monoisotopic (exact) mass is 1770 g/mol. The fourth-order valence-corrected chi connectivity index (χ4v) is 23.4. The van der Waals surface area contributed by atoms with E-state index in [2.05, 4.69) is 525 Å². The topological polar surface area (TPSA) is 55.4 Å². The molecule has 0 unspecified atom stereocenters. The lowest BCUT2D eigenvalue weighted by molar-refractivity contribution is 0.749. The van der Waals surface area contributed by atoms with Crippen LogP contribution in [0.1, 0.15) is 22.3 Å². The molecule has 8 heteroatoms. The molecule has 8 heterocycles. The van der Waals surface area contributed by atoms with Crippen LogP contribution < -0.4 is 0 Å². The largest absolute Gasteiger partial charge is 0.309 e. The van der Waals surface area contributed by atoms with Crippen molar-refractivity contribution < 1.29 is 0 Å². The molecule has 0 fully saturated rings. The summed E-state index contributed by atoms with van der Waals surface area (Å²) < 4.78 is 14.6. The highest BCUT2D eigenvalue weighted by molar-refractivity contribution is 6.17. The molecular formula is C131H82N8. The van der Waals surface area contributed by atoms with Crippen molar-refractivity contribution in [3.8, 4) is 113 Å². The van der Waals surface area contributed by atoms with Crippen LogP contribution in [-0.4, -0.2) is 37.4 Å². The number of hydrogen-bond donors (Lipinski definition) is 0. The molecule has 0 aliphatic carbocycles. The van der Waals surface area contributed by atoms with Crippen LogP contribution in [0.4, 0.5) is 0 Å². The number of rotatable bonds is 12. The van der Waals surface area contributed by atoms with E-state index >= 15 is 0 Å². The van der Waals surface area contributed by atoms with Crippen LogP contribution in [0.5, 0.6) is 0 Å². The molecule has 0 saturated carbocycles. The summed E-state index contributed by atoms with van der Waals surface area (Å²) in [6.45, 7) is 0. The third kappa shape index (κ3) is 12.0. The average molecular weight is 1770 g/mol. The number of fused-ring (bicyclic) bond motifs is 27. The molecule has 139 heavy (non-hydrogen) atoms. The van der Waals surface area contributed by atoms with E-state index in [4.69, 9.17) is 9.97 Å². The van der Waals surface area contributed by atoms with E-state index in [0.29, 0.717) is 5.95 Å². The summed E-state index contributed by atoms with van der Waals surface area (Å²) in [5, 5.41) is 13.8. The molecule has 0 saturated heterocycles. The van der Waals surface area contributed by atoms with Crippen molar-refractivity contribution >= 4 is 131 Å². The van der Waals surface area contributed by atoms with Crippen molar-refractivity contribution in [2.24, 2.45) is 0 Å². The molecule has 646 valence electrons. The van der Waals surface area contributed by atoms with Crippen LogP contribution in [0, 0.1) is 0 Å². The van der Waals surface area contributed by atoms with Crippen LogP contribution in [0.15, 0.2) is 497 Å². The van der Waals surface area contributed by atoms with Gasteiger partial charge in [0.1, 0.15) is 0 Å². The normalized spacial score (nSPS) is 12.5. The molecule has 0 amide bonds. The van der Waals surface area contributed by atoms with Gasteiger partial charge < -0.3 is 22.8 Å². The highest BCUT2D eigenvalue weighted by atomic mass is 15.2. The Morgan fingerprint density at radius 2 is 0.410 bits per heavy atom. The second kappa shape index (κ2) is 30.8. The summed E-state index contributed by atoms with van der Waals surface area (Å²) >= 11 is 0. The van der Waals surface area contributed by atoms with Gasteiger partial charge in [0.05, 0.1) is 83.0 Å². The first-order chi connectivity index (χ1) is 68.9. The van der Waals surface area contributed by atoms with Gasteiger partial charge in [-0.15, -0.1) is 0 Å². The Hall–Kier alpha value is -18.5. The third-order valence-corrected chi connectivity index (χ3v) is 29.7. The number of para-hydroxylation sites is 8. The number of hydrogen-bond acceptors (Lipinski definition) is 2. The van der Waals surface area contributed by atoms with E-state index in [-0.39, 0.29) is 0 Å². The fourth-order valence-electron chi connectivity index (χ4n) is 23.4. The Bertz CT molecular complexity index is 9790. The van der Waals surface area contributed by atoms with Crippen LogP contribution in [0.3, 0.4) is 0 Å². The summed E-state index contributed by atoms with van der Waals surface area (Å²) in [5.41, 5.74) is 36.4. The van der Waals surface area contributed by atoms with Crippen molar-refractivity contribution in [2.45, 2.75) is 5.41 Å². The highest BCUT2D eigenvalue weighted by Gasteiger charge is 2.42. The quantitative estimate of drug-likeness (QED) is 0.122. The first-order valence-corrected chi connectivity index (χ1v) is 47.8. The second-order valence-electron chi connectivity index (χ2n) is 37.1. The number of nitrogens with zero attached hydrogens (tertiary/aromatic N) is 8. The van der Waals surface area contributed by atoms with Crippen molar-refractivity contribution in [1.29, 1.82) is 0 Å². The maximum atomic E-state index is 6.13. The minimum Gasteiger partial charge on any atom is -0.309 e. The predicted molar refractivity (Wildman–Crippen MR) is 578 cm³/mol. The SMILES string of the molecule is c1ccc(-c2ccc(-c3cccc(-c4cc5nc(n4)-n4c6cc(-c7ccc8c(c7)c7ccccc7n8-c7ccccc7)ccc6c6ccc(cc64)C(c4ccc6c(c4)c4ccccc4n6-c4ccccc4)(c4ccc6c(c4)c4ccccc4n6-c4ccccc4)c4ccc6c7ccc(-c8ccc9c(c8)c8ccccc8n9-c8ccccc8)cc7n(c6c4)-c4cccc-5c4)c3)cc2-c2ccccc2)cc1. The maximum absolute atomic E-state index is 6.13. The Morgan fingerprint density at radius 3 is 0.863 bits per heavy atom. The zero-order valence-corrected chi connectivity index (χ0v) is 75.4. The van der Waals surface area contributed by atoms with Gasteiger partial charge in [-0.1, -0.05) is 322 Å². The molecule has 28 aromatic rings. The van der Waals surface area contributed by atoms with Crippen molar-refractivity contribution in [1.82, 2.24) is 37.4 Å². The van der Waals surface area contributed by atoms with Crippen LogP contribution in [0.2, 0.25) is 0 Å². The summed E-state index contributed by atoms with van der Waals surface area (Å²) in [6.07, 6.45) is 0. The zero-order chi connectivity index (χ0) is 91.1. The molecule has 1 aliphatic heterocycles. The van der Waals surface area contributed by atoms with E-state index in [1.165, 1.54) is 32.6 Å². The maximum Gasteiger partial charge on any atom is 0.235 e. The Balaban J connectivity index is 0.742. The van der Waals surface area contributed by atoms with E-state index < -0.39 is 5.41 Å². The van der Waals surface area contributed by atoms with Gasteiger partial charge in [0.2, 0.25) is 5.95 Å². The van der Waals surface area contributed by atoms with Gasteiger partial charge in [-0.25, -0.2) is 9.97 Å². The minimum absolute atomic E-state index is 0.534. The molecule has 29 rings (SSSR count). The van der Waals surface area contributed by atoms with E-state index in [1.54, 1.807) is 0 Å². The molecule has 8 nitrogen and oxygen atoms in total. The smallest absolute Gasteiger partial charge is 0.235 e. The highest BCUT2D eigenvalue weighted by Crippen LogP contribution is 2.54. The molecule has 0 radical (unpaired) electrons. The van der Waals surface area contributed by atoms with Gasteiger partial charge in [-0.05, 0) is 254 Å². The molecule has 7 aromatic heterocycles. The van der Waals surface area contributed by atoms with Gasteiger partial charge >= 0.3 is 0 Å². The van der Waals surface area contributed by atoms with E-state index in [1.807, 2.05) is 0 Å². The summed E-state index contributed by atoms with van der Waals surface area (Å²) in [4.78, 5) is 12.2. The van der Waals surface area contributed by atoms with E-state index in [0.717, 1.165) is 227 Å². The molecule has 0 spiro atoms. The van der Waals surface area contributed by atoms with Gasteiger partial charge in [0.15, 0.2) is 0 Å². The summed E-state index contributed by atoms with van der Waals surface area (Å²) in [6, 6.07) is 186. The van der Waals surface area contributed by atoms with Gasteiger partial charge in [-0.2, -0.15) is 0 Å². The van der Waals surface area contributed by atoms with Crippen molar-refractivity contribution in [3.05, 3.63) is 520 Å². The molecule has 1 aliphatic rings. The van der Waals surface area contributed by atoms with Crippen molar-refractivity contribution in [3.63, 3.8) is 0 Å². The van der Waals surface area contributed by atoms with E-state index in [9.17, 15) is 0 Å². The standard InChI is InChI=1S/C131H82N8/c1-7-29-83(30-8-1)102-62-53-86(73-111(102)84-31-9-2-10-32-84)85-33-27-34-91(71-85)116-82-117-92-35-28-44-101(72-92)138-126-76-89(87-56-67-122-112(74-87)103-45-19-23-49-118(103)134(122)97-36-11-3-12-37-97)54-63-107(126)109-65-58-95(80-128(109)138)131(93-60-69-124-114(78-93)105-47-21-25-51-120(105)136(124)99-40-15-5-16-41-99,94-61-70-125-115(79-94)106-48-22-26-52-121(106)137(125)100-42-17-6-18-43-100)96-59-66-110-108-64-55-90(77-127(108)139(129(110)81-96)130(132-116)133-117)88-57-68-123-113(75-88)104-46-20-24-50-119(104)135(123)98-38-13-4-14-39-98/h1-82H. The third-order valence-electron chi connectivity index (χ3n) is 29.7. The Labute approximate surface area is 800 Å². The lowest BCUT2D eigenvalue weighted by atomic mass is 9.64. The zero-order valence-electron chi connectivity index (χ0n) is 75.4. The van der Waals surface area contributed by atoms with Crippen LogP contribution in [0.25, 0.3) is 243 Å². The van der Waals surface area contributed by atoms with Gasteiger partial charge in [-0.3, -0.25) is 4.57 Å². The van der Waals surface area contributed by atoms with Gasteiger partial charge in [0.25, 0.3) is 0 Å². The summed E-state index contributed by atoms with van der Waals surface area (Å²) in [7, 11) is 0. The molecular weight excluding hydrogens is 1690 g/mol. The number of benzene rings is 21. The van der Waals surface area contributed by atoms with Gasteiger partial charge in [0, 0.05) is 104 Å². The number of aromatic nitrogens is 8. The van der Waals surface area contributed by atoms with Crippen molar-refractivity contribution in [2.75, 3.05) is 0 Å². The molecule has 0 N–H and O–H groups in total.